The molecule has 1 aromatic heterocycles. The molecule has 4 nitrogen and oxygen atoms in total. The van der Waals surface area contributed by atoms with E-state index in [0.717, 1.165) is 33.9 Å². The predicted molar refractivity (Wildman–Crippen MR) is 87.9 cm³/mol. The predicted octanol–water partition coefficient (Wildman–Crippen LogP) is 4.47. The van der Waals surface area contributed by atoms with Gasteiger partial charge >= 0.3 is 0 Å². The van der Waals surface area contributed by atoms with Crippen molar-refractivity contribution in [2.45, 2.75) is 12.8 Å². The molecule has 0 saturated carbocycles. The van der Waals surface area contributed by atoms with E-state index in [0.29, 0.717) is 12.8 Å². The molecule has 0 unspecified atom stereocenters. The molecule has 3 rings (SSSR count). The Kier molecular flexibility index (Phi) is 4.39. The normalized spacial score (nSPS) is 10.3. The van der Waals surface area contributed by atoms with Crippen molar-refractivity contribution in [3.8, 4) is 34.4 Å². The summed E-state index contributed by atoms with van der Waals surface area (Å²) >= 11 is 0. The molecule has 0 fully saturated rings. The van der Waals surface area contributed by atoms with E-state index in [1.54, 1.807) is 7.11 Å². The van der Waals surface area contributed by atoms with Crippen LogP contribution in [0.2, 0.25) is 0 Å². The zero-order chi connectivity index (χ0) is 16.1. The van der Waals surface area contributed by atoms with Gasteiger partial charge in [-0.1, -0.05) is 35.5 Å². The Morgan fingerprint density at radius 2 is 1.78 bits per heavy atom. The minimum absolute atomic E-state index is 0.421. The molecule has 0 saturated heterocycles. The summed E-state index contributed by atoms with van der Waals surface area (Å²) in [5.74, 6) is 1.52. The zero-order valence-electron chi connectivity index (χ0n) is 12.8. The fraction of sp³-hybridized carbons (Fsp3) is 0.158. The van der Waals surface area contributed by atoms with Crippen LogP contribution >= 0.6 is 0 Å². The molecule has 1 heterocycles. The Morgan fingerprint density at radius 1 is 1.04 bits per heavy atom. The van der Waals surface area contributed by atoms with Crippen LogP contribution < -0.4 is 4.74 Å². The monoisotopic (exact) mass is 304 g/mol. The minimum atomic E-state index is 0.421. The molecule has 3 aromatic rings. The lowest BCUT2D eigenvalue weighted by Gasteiger charge is -2.04. The highest BCUT2D eigenvalue weighted by molar-refractivity contribution is 5.73. The molecule has 0 aliphatic rings. The van der Waals surface area contributed by atoms with Gasteiger partial charge in [0.15, 0.2) is 5.76 Å². The Labute approximate surface area is 134 Å². The lowest BCUT2D eigenvalue weighted by atomic mass is 9.99. The number of ether oxygens (including phenoxy) is 1. The molecule has 2 aromatic carbocycles. The molecule has 0 atom stereocenters. The summed E-state index contributed by atoms with van der Waals surface area (Å²) in [6.45, 7) is 0. The topological polar surface area (TPSA) is 59.1 Å². The van der Waals surface area contributed by atoms with Crippen molar-refractivity contribution in [3.63, 3.8) is 0 Å². The minimum Gasteiger partial charge on any atom is -0.497 e. The molecule has 4 heteroatoms. The number of nitrogens with zero attached hydrogens (tertiary/aromatic N) is 2. The van der Waals surface area contributed by atoms with Gasteiger partial charge in [0.1, 0.15) is 11.4 Å². The van der Waals surface area contributed by atoms with Crippen LogP contribution in [-0.2, 0) is 6.42 Å². The summed E-state index contributed by atoms with van der Waals surface area (Å²) in [5, 5.41) is 13.2. The number of hydrogen-bond donors (Lipinski definition) is 0. The molecule has 0 spiro atoms. The van der Waals surface area contributed by atoms with Gasteiger partial charge in [0, 0.05) is 23.1 Å². The van der Waals surface area contributed by atoms with Crippen LogP contribution in [0.1, 0.15) is 12.0 Å². The van der Waals surface area contributed by atoms with Crippen molar-refractivity contribution < 1.29 is 9.26 Å². The molecular formula is C19H16N2O2. The highest BCUT2D eigenvalue weighted by Crippen LogP contribution is 2.33. The Morgan fingerprint density at radius 3 is 2.43 bits per heavy atom. The van der Waals surface area contributed by atoms with Gasteiger partial charge in [-0.3, -0.25) is 0 Å². The first-order chi connectivity index (χ1) is 11.3. The molecule has 23 heavy (non-hydrogen) atoms. The van der Waals surface area contributed by atoms with Crippen molar-refractivity contribution >= 4 is 0 Å². The second-order valence-electron chi connectivity index (χ2n) is 5.09. The van der Waals surface area contributed by atoms with Crippen molar-refractivity contribution in [3.05, 3.63) is 60.2 Å². The lowest BCUT2D eigenvalue weighted by Crippen LogP contribution is -1.90. The zero-order valence-corrected chi connectivity index (χ0v) is 12.8. The van der Waals surface area contributed by atoms with Crippen LogP contribution in [0.5, 0.6) is 5.75 Å². The first kappa shape index (κ1) is 14.9. The Balaban J connectivity index is 2.06. The van der Waals surface area contributed by atoms with Gasteiger partial charge < -0.3 is 9.26 Å². The average molecular weight is 304 g/mol. The number of rotatable bonds is 5. The van der Waals surface area contributed by atoms with Crippen molar-refractivity contribution in [1.82, 2.24) is 5.16 Å². The SMILES string of the molecule is COc1ccc(-c2noc(-c3ccccc3)c2CCC#N)cc1. The first-order valence-corrected chi connectivity index (χ1v) is 7.39. The average Bonchev–Trinajstić information content (AvgIpc) is 3.04. The van der Waals surface area contributed by atoms with Gasteiger partial charge in [0.05, 0.1) is 13.2 Å². The molecule has 0 bridgehead atoms. The molecule has 0 aliphatic carbocycles. The number of nitriles is 1. The number of hydrogen-bond acceptors (Lipinski definition) is 4. The maximum Gasteiger partial charge on any atom is 0.170 e. The molecular weight excluding hydrogens is 288 g/mol. The van der Waals surface area contributed by atoms with Gasteiger partial charge in [0.2, 0.25) is 0 Å². The van der Waals surface area contributed by atoms with E-state index in [4.69, 9.17) is 14.5 Å². The van der Waals surface area contributed by atoms with Gasteiger partial charge in [-0.05, 0) is 30.7 Å². The van der Waals surface area contributed by atoms with E-state index in [9.17, 15) is 0 Å². The summed E-state index contributed by atoms with van der Waals surface area (Å²) in [5.41, 5.74) is 3.65. The maximum absolute atomic E-state index is 8.94. The van der Waals surface area contributed by atoms with Crippen LogP contribution in [0.25, 0.3) is 22.6 Å². The second-order valence-corrected chi connectivity index (χ2v) is 5.09. The largest absolute Gasteiger partial charge is 0.497 e. The van der Waals surface area contributed by atoms with E-state index >= 15 is 0 Å². The quantitative estimate of drug-likeness (QED) is 0.697. The number of methoxy groups -OCH3 is 1. The Hall–Kier alpha value is -3.06. The third kappa shape index (κ3) is 3.09. The van der Waals surface area contributed by atoms with Crippen LogP contribution in [0.4, 0.5) is 0 Å². The maximum atomic E-state index is 8.94. The summed E-state index contributed by atoms with van der Waals surface area (Å²) in [6.07, 6.45) is 1.02. The standard InChI is InChI=1S/C19H16N2O2/c1-22-16-11-9-14(10-12-16)18-17(8-5-13-20)19(23-21-18)15-6-3-2-4-7-15/h2-4,6-7,9-12H,5,8H2,1H3. The number of benzene rings is 2. The summed E-state index contributed by atoms with van der Waals surface area (Å²) < 4.78 is 10.8. The van der Waals surface area contributed by atoms with Gasteiger partial charge in [-0.2, -0.15) is 5.26 Å². The summed E-state index contributed by atoms with van der Waals surface area (Å²) in [7, 11) is 1.64. The van der Waals surface area contributed by atoms with E-state index in [2.05, 4.69) is 11.2 Å². The summed E-state index contributed by atoms with van der Waals surface area (Å²) in [4.78, 5) is 0. The number of aromatic nitrogens is 1. The third-order valence-electron chi connectivity index (χ3n) is 3.67. The van der Waals surface area contributed by atoms with Gasteiger partial charge in [0.25, 0.3) is 0 Å². The van der Waals surface area contributed by atoms with E-state index < -0.39 is 0 Å². The van der Waals surface area contributed by atoms with Gasteiger partial charge in [-0.25, -0.2) is 0 Å². The molecule has 0 N–H and O–H groups in total. The summed E-state index contributed by atoms with van der Waals surface area (Å²) in [6, 6.07) is 19.7. The van der Waals surface area contributed by atoms with E-state index in [-0.39, 0.29) is 0 Å². The first-order valence-electron chi connectivity index (χ1n) is 7.39. The molecule has 114 valence electrons. The molecule has 0 radical (unpaired) electrons. The van der Waals surface area contributed by atoms with E-state index in [1.165, 1.54) is 0 Å². The molecule has 0 amide bonds. The highest BCUT2D eigenvalue weighted by atomic mass is 16.5. The fourth-order valence-corrected chi connectivity index (χ4v) is 2.51. The Bertz CT molecular complexity index is 815. The van der Waals surface area contributed by atoms with Gasteiger partial charge in [-0.15, -0.1) is 0 Å². The van der Waals surface area contributed by atoms with Crippen molar-refractivity contribution in [1.29, 1.82) is 5.26 Å². The van der Waals surface area contributed by atoms with Crippen LogP contribution in [0, 0.1) is 11.3 Å². The smallest absolute Gasteiger partial charge is 0.170 e. The second kappa shape index (κ2) is 6.80. The third-order valence-corrected chi connectivity index (χ3v) is 3.67. The highest BCUT2D eigenvalue weighted by Gasteiger charge is 2.18. The van der Waals surface area contributed by atoms with E-state index in [1.807, 2.05) is 54.6 Å². The van der Waals surface area contributed by atoms with Crippen molar-refractivity contribution in [2.24, 2.45) is 0 Å². The van der Waals surface area contributed by atoms with Crippen molar-refractivity contribution in [2.75, 3.05) is 7.11 Å². The molecule has 0 aliphatic heterocycles. The fourth-order valence-electron chi connectivity index (χ4n) is 2.51. The lowest BCUT2D eigenvalue weighted by molar-refractivity contribution is 0.415. The van der Waals surface area contributed by atoms with Crippen LogP contribution in [0.15, 0.2) is 59.1 Å². The van der Waals surface area contributed by atoms with Crippen LogP contribution in [-0.4, -0.2) is 12.3 Å². The van der Waals surface area contributed by atoms with Crippen LogP contribution in [0.3, 0.4) is 0 Å².